The van der Waals surface area contributed by atoms with Gasteiger partial charge in [0.05, 0.1) is 6.42 Å². The minimum absolute atomic E-state index is 0.0585. The number of aryl methyl sites for hydroxylation is 1. The van der Waals surface area contributed by atoms with Crippen LogP contribution in [0.3, 0.4) is 0 Å². The highest BCUT2D eigenvalue weighted by Crippen LogP contribution is 2.28. The summed E-state index contributed by atoms with van der Waals surface area (Å²) in [7, 11) is 0. The zero-order valence-electron chi connectivity index (χ0n) is 9.83. The maximum atomic E-state index is 13.1. The minimum atomic E-state index is -0.819. The molecule has 2 nitrogen and oxygen atoms in total. The fraction of sp³-hybridized carbons (Fsp3) is 0.462. The monoisotopic (exact) mass is 224 g/mol. The molecule has 0 radical (unpaired) electrons. The molecular formula is C13H17FO2. The van der Waals surface area contributed by atoms with Crippen LogP contribution in [0.25, 0.3) is 0 Å². The van der Waals surface area contributed by atoms with Crippen LogP contribution < -0.4 is 0 Å². The third-order valence-corrected chi connectivity index (χ3v) is 2.81. The van der Waals surface area contributed by atoms with Gasteiger partial charge in [-0.25, -0.2) is 4.39 Å². The average molecular weight is 224 g/mol. The van der Waals surface area contributed by atoms with E-state index in [4.69, 9.17) is 5.11 Å². The normalized spacial score (nSPS) is 12.8. The lowest BCUT2D eigenvalue weighted by Gasteiger charge is -2.19. The highest BCUT2D eigenvalue weighted by atomic mass is 19.1. The van der Waals surface area contributed by atoms with Crippen LogP contribution in [0.15, 0.2) is 18.2 Å². The smallest absolute Gasteiger partial charge is 0.303 e. The number of carboxylic acid groups (broad SMARTS) is 1. The molecule has 1 unspecified atom stereocenters. The van der Waals surface area contributed by atoms with Crippen molar-refractivity contribution in [1.82, 2.24) is 0 Å². The van der Waals surface area contributed by atoms with Crippen molar-refractivity contribution in [3.05, 3.63) is 35.1 Å². The zero-order valence-corrected chi connectivity index (χ0v) is 9.83. The summed E-state index contributed by atoms with van der Waals surface area (Å²) in [6.07, 6.45) is 0.0861. The molecule has 0 bridgehead atoms. The van der Waals surface area contributed by atoms with Gasteiger partial charge in [-0.3, -0.25) is 4.79 Å². The molecule has 0 aliphatic rings. The Kier molecular flexibility index (Phi) is 4.05. The molecule has 0 aliphatic heterocycles. The Morgan fingerprint density at radius 2 is 2.06 bits per heavy atom. The standard InChI is InChI=1S/C13H17FO2/c1-8(2)11(7-13(15)16)10-4-5-12(14)9(3)6-10/h4-6,8,11H,7H2,1-3H3,(H,15,16). The van der Waals surface area contributed by atoms with Gasteiger partial charge < -0.3 is 5.11 Å². The topological polar surface area (TPSA) is 37.3 Å². The van der Waals surface area contributed by atoms with Crippen molar-refractivity contribution in [3.63, 3.8) is 0 Å². The van der Waals surface area contributed by atoms with Gasteiger partial charge in [0.1, 0.15) is 5.82 Å². The quantitative estimate of drug-likeness (QED) is 0.851. The third kappa shape index (κ3) is 3.05. The van der Waals surface area contributed by atoms with Crippen LogP contribution in [0, 0.1) is 18.7 Å². The number of hydrogen-bond donors (Lipinski definition) is 1. The number of hydrogen-bond acceptors (Lipinski definition) is 1. The van der Waals surface area contributed by atoms with E-state index in [9.17, 15) is 9.18 Å². The second-order valence-corrected chi connectivity index (χ2v) is 4.46. The van der Waals surface area contributed by atoms with E-state index >= 15 is 0 Å². The SMILES string of the molecule is Cc1cc(C(CC(=O)O)C(C)C)ccc1F. The molecule has 3 heteroatoms. The van der Waals surface area contributed by atoms with Gasteiger partial charge >= 0.3 is 5.97 Å². The van der Waals surface area contributed by atoms with Gasteiger partial charge in [0.2, 0.25) is 0 Å². The van der Waals surface area contributed by atoms with Gasteiger partial charge in [0, 0.05) is 0 Å². The summed E-state index contributed by atoms with van der Waals surface area (Å²) in [6.45, 7) is 5.65. The summed E-state index contributed by atoms with van der Waals surface area (Å²) < 4.78 is 13.1. The lowest BCUT2D eigenvalue weighted by atomic mass is 9.85. The zero-order chi connectivity index (χ0) is 12.3. The average Bonchev–Trinajstić information content (AvgIpc) is 2.18. The van der Waals surface area contributed by atoms with E-state index in [2.05, 4.69) is 0 Å². The molecule has 1 rings (SSSR count). The maximum absolute atomic E-state index is 13.1. The number of aliphatic carboxylic acids is 1. The van der Waals surface area contributed by atoms with Crippen LogP contribution in [0.2, 0.25) is 0 Å². The molecular weight excluding hydrogens is 207 g/mol. The van der Waals surface area contributed by atoms with Crippen LogP contribution >= 0.6 is 0 Å². The Bertz CT molecular complexity index is 386. The van der Waals surface area contributed by atoms with Crippen molar-refractivity contribution in [2.24, 2.45) is 5.92 Å². The molecule has 1 atom stereocenters. The number of rotatable bonds is 4. The second kappa shape index (κ2) is 5.10. The first-order valence-electron chi connectivity index (χ1n) is 5.39. The van der Waals surface area contributed by atoms with Crippen molar-refractivity contribution in [3.8, 4) is 0 Å². The molecule has 0 spiro atoms. The van der Waals surface area contributed by atoms with Crippen LogP contribution in [-0.4, -0.2) is 11.1 Å². The van der Waals surface area contributed by atoms with Gasteiger partial charge in [-0.1, -0.05) is 26.0 Å². The van der Waals surface area contributed by atoms with E-state index in [0.29, 0.717) is 5.56 Å². The Morgan fingerprint density at radius 1 is 1.44 bits per heavy atom. The number of carbonyl (C=O) groups is 1. The molecule has 0 heterocycles. The van der Waals surface area contributed by atoms with E-state index in [1.165, 1.54) is 6.07 Å². The van der Waals surface area contributed by atoms with E-state index in [0.717, 1.165) is 5.56 Å². The second-order valence-electron chi connectivity index (χ2n) is 4.46. The van der Waals surface area contributed by atoms with Gasteiger partial charge in [0.15, 0.2) is 0 Å². The third-order valence-electron chi connectivity index (χ3n) is 2.81. The van der Waals surface area contributed by atoms with Gasteiger partial charge in [0.25, 0.3) is 0 Å². The largest absolute Gasteiger partial charge is 0.481 e. The van der Waals surface area contributed by atoms with E-state index in [-0.39, 0.29) is 24.1 Å². The lowest BCUT2D eigenvalue weighted by Crippen LogP contribution is -2.12. The lowest BCUT2D eigenvalue weighted by molar-refractivity contribution is -0.137. The number of benzene rings is 1. The minimum Gasteiger partial charge on any atom is -0.481 e. The number of halogens is 1. The molecule has 1 aromatic carbocycles. The van der Waals surface area contributed by atoms with Crippen LogP contribution in [0.4, 0.5) is 4.39 Å². The summed E-state index contributed by atoms with van der Waals surface area (Å²) in [5.74, 6) is -0.903. The first-order valence-corrected chi connectivity index (χ1v) is 5.39. The van der Waals surface area contributed by atoms with Gasteiger partial charge in [-0.2, -0.15) is 0 Å². The Morgan fingerprint density at radius 3 is 2.50 bits per heavy atom. The van der Waals surface area contributed by atoms with Crippen molar-refractivity contribution in [1.29, 1.82) is 0 Å². The van der Waals surface area contributed by atoms with Crippen LogP contribution in [0.5, 0.6) is 0 Å². The first kappa shape index (κ1) is 12.7. The van der Waals surface area contributed by atoms with Crippen LogP contribution in [0.1, 0.15) is 37.3 Å². The highest BCUT2D eigenvalue weighted by molar-refractivity contribution is 5.68. The molecule has 0 aromatic heterocycles. The predicted octanol–water partition coefficient (Wildman–Crippen LogP) is 3.35. The maximum Gasteiger partial charge on any atom is 0.303 e. The summed E-state index contributed by atoms with van der Waals surface area (Å²) in [4.78, 5) is 10.8. The molecule has 0 amide bonds. The Balaban J connectivity index is 3.01. The summed E-state index contributed by atoms with van der Waals surface area (Å²) in [5, 5.41) is 8.84. The Labute approximate surface area is 95.1 Å². The van der Waals surface area contributed by atoms with Gasteiger partial charge in [-0.05, 0) is 36.0 Å². The molecule has 0 aliphatic carbocycles. The number of carboxylic acids is 1. The molecule has 1 N–H and O–H groups in total. The highest BCUT2D eigenvalue weighted by Gasteiger charge is 2.19. The van der Waals surface area contributed by atoms with E-state index in [1.54, 1.807) is 19.1 Å². The van der Waals surface area contributed by atoms with Gasteiger partial charge in [-0.15, -0.1) is 0 Å². The van der Waals surface area contributed by atoms with Crippen molar-refractivity contribution in [2.45, 2.75) is 33.1 Å². The molecule has 1 aromatic rings. The first-order chi connectivity index (χ1) is 7.41. The summed E-state index contributed by atoms with van der Waals surface area (Å²) in [5.41, 5.74) is 1.46. The van der Waals surface area contributed by atoms with Crippen molar-refractivity contribution < 1.29 is 14.3 Å². The fourth-order valence-electron chi connectivity index (χ4n) is 1.83. The summed E-state index contributed by atoms with van der Waals surface area (Å²) >= 11 is 0. The summed E-state index contributed by atoms with van der Waals surface area (Å²) in [6, 6.07) is 4.82. The molecule has 0 saturated heterocycles. The predicted molar refractivity (Wildman–Crippen MR) is 61.0 cm³/mol. The molecule has 88 valence electrons. The molecule has 0 fully saturated rings. The Hall–Kier alpha value is -1.38. The van der Waals surface area contributed by atoms with E-state index in [1.807, 2.05) is 13.8 Å². The van der Waals surface area contributed by atoms with Crippen molar-refractivity contribution >= 4 is 5.97 Å². The van der Waals surface area contributed by atoms with Crippen molar-refractivity contribution in [2.75, 3.05) is 0 Å². The van der Waals surface area contributed by atoms with Crippen LogP contribution in [-0.2, 0) is 4.79 Å². The fourth-order valence-corrected chi connectivity index (χ4v) is 1.83. The molecule has 16 heavy (non-hydrogen) atoms. The molecule has 0 saturated carbocycles. The van der Waals surface area contributed by atoms with E-state index < -0.39 is 5.97 Å².